The van der Waals surface area contributed by atoms with Gasteiger partial charge in [-0.05, 0) is 13.0 Å². The Morgan fingerprint density at radius 3 is 2.67 bits per heavy atom. The molecule has 0 aromatic carbocycles. The molecular weight excluding hydrogens is 271 g/mol. The monoisotopic (exact) mass is 281 g/mol. The van der Waals surface area contributed by atoms with Gasteiger partial charge in [-0.25, -0.2) is 0 Å². The van der Waals surface area contributed by atoms with Crippen LogP contribution in [0.3, 0.4) is 0 Å². The SMILES string of the molecule is Cn1ncc(Cl)c1C(=O)C1(C(F)(F)F)CCNC1. The molecule has 1 aromatic rings. The van der Waals surface area contributed by atoms with Crippen LogP contribution in [-0.4, -0.2) is 34.8 Å². The first-order chi connectivity index (χ1) is 8.29. The lowest BCUT2D eigenvalue weighted by atomic mass is 9.80. The fourth-order valence-electron chi connectivity index (χ4n) is 2.15. The first kappa shape index (κ1) is 13.4. The Labute approximate surface area is 106 Å². The first-order valence-electron chi connectivity index (χ1n) is 5.29. The van der Waals surface area contributed by atoms with Crippen LogP contribution in [0.5, 0.6) is 0 Å². The number of hydrogen-bond acceptors (Lipinski definition) is 3. The van der Waals surface area contributed by atoms with Gasteiger partial charge in [0.05, 0.1) is 11.2 Å². The van der Waals surface area contributed by atoms with Crippen LogP contribution < -0.4 is 5.32 Å². The quantitative estimate of drug-likeness (QED) is 0.841. The van der Waals surface area contributed by atoms with Gasteiger partial charge in [0.2, 0.25) is 0 Å². The van der Waals surface area contributed by atoms with E-state index in [1.54, 1.807) is 0 Å². The highest BCUT2D eigenvalue weighted by atomic mass is 35.5. The molecule has 8 heteroatoms. The van der Waals surface area contributed by atoms with Gasteiger partial charge in [0.1, 0.15) is 11.1 Å². The summed E-state index contributed by atoms with van der Waals surface area (Å²) in [5.74, 6) is -1.02. The predicted octanol–water partition coefficient (Wildman–Crippen LogP) is 1.80. The molecule has 0 amide bonds. The second kappa shape index (κ2) is 4.24. The van der Waals surface area contributed by atoms with Crippen molar-refractivity contribution in [1.29, 1.82) is 0 Å². The van der Waals surface area contributed by atoms with E-state index >= 15 is 0 Å². The van der Waals surface area contributed by atoms with E-state index < -0.39 is 23.9 Å². The van der Waals surface area contributed by atoms with E-state index in [2.05, 4.69) is 10.4 Å². The number of ketones is 1. The zero-order valence-electron chi connectivity index (χ0n) is 9.51. The predicted molar refractivity (Wildman–Crippen MR) is 58.5 cm³/mol. The lowest BCUT2D eigenvalue weighted by Crippen LogP contribution is -2.47. The normalized spacial score (nSPS) is 24.5. The van der Waals surface area contributed by atoms with E-state index in [0.29, 0.717) is 0 Å². The number of alkyl halides is 3. The van der Waals surface area contributed by atoms with Crippen LogP contribution in [0.15, 0.2) is 6.20 Å². The number of Topliss-reactive ketones (excluding diaryl/α,β-unsaturated/α-hetero) is 1. The van der Waals surface area contributed by atoms with E-state index in [1.165, 1.54) is 13.2 Å². The summed E-state index contributed by atoms with van der Waals surface area (Å²) in [6.07, 6.45) is -3.72. The van der Waals surface area contributed by atoms with Crippen LogP contribution in [0.2, 0.25) is 5.02 Å². The Hall–Kier alpha value is -1.08. The van der Waals surface area contributed by atoms with Crippen LogP contribution in [-0.2, 0) is 7.05 Å². The molecule has 1 aliphatic heterocycles. The number of aromatic nitrogens is 2. The van der Waals surface area contributed by atoms with Gasteiger partial charge < -0.3 is 5.32 Å². The van der Waals surface area contributed by atoms with Gasteiger partial charge in [-0.15, -0.1) is 0 Å². The molecule has 0 radical (unpaired) electrons. The smallest absolute Gasteiger partial charge is 0.315 e. The van der Waals surface area contributed by atoms with Gasteiger partial charge in [0, 0.05) is 13.6 Å². The maximum atomic E-state index is 13.2. The van der Waals surface area contributed by atoms with Crippen molar-refractivity contribution in [1.82, 2.24) is 15.1 Å². The van der Waals surface area contributed by atoms with Crippen molar-refractivity contribution in [2.24, 2.45) is 12.5 Å². The van der Waals surface area contributed by atoms with Crippen molar-refractivity contribution < 1.29 is 18.0 Å². The van der Waals surface area contributed by atoms with Crippen molar-refractivity contribution in [2.45, 2.75) is 12.6 Å². The number of hydrogen-bond donors (Lipinski definition) is 1. The molecule has 18 heavy (non-hydrogen) atoms. The van der Waals surface area contributed by atoms with E-state index in [1.807, 2.05) is 0 Å². The average Bonchev–Trinajstić information content (AvgIpc) is 2.85. The number of nitrogens with one attached hydrogen (secondary N) is 1. The van der Waals surface area contributed by atoms with E-state index in [9.17, 15) is 18.0 Å². The van der Waals surface area contributed by atoms with Gasteiger partial charge in [-0.3, -0.25) is 9.48 Å². The molecule has 0 spiro atoms. The summed E-state index contributed by atoms with van der Waals surface area (Å²) in [7, 11) is 1.39. The summed E-state index contributed by atoms with van der Waals surface area (Å²) in [6.45, 7) is -0.266. The number of rotatable bonds is 2. The van der Waals surface area contributed by atoms with Gasteiger partial charge >= 0.3 is 6.18 Å². The molecular formula is C10H11ClF3N3O. The Morgan fingerprint density at radius 2 is 2.28 bits per heavy atom. The molecule has 1 N–H and O–H groups in total. The fourth-order valence-corrected chi connectivity index (χ4v) is 2.40. The first-order valence-corrected chi connectivity index (χ1v) is 5.67. The van der Waals surface area contributed by atoms with Crippen LogP contribution in [0.1, 0.15) is 16.9 Å². The van der Waals surface area contributed by atoms with Crippen LogP contribution >= 0.6 is 11.6 Å². The highest BCUT2D eigenvalue weighted by Crippen LogP contribution is 2.45. The van der Waals surface area contributed by atoms with Crippen LogP contribution in [0, 0.1) is 5.41 Å². The third-order valence-electron chi connectivity index (χ3n) is 3.24. The van der Waals surface area contributed by atoms with Crippen molar-refractivity contribution in [3.63, 3.8) is 0 Å². The molecule has 4 nitrogen and oxygen atoms in total. The minimum absolute atomic E-state index is 0.0574. The maximum Gasteiger partial charge on any atom is 0.403 e. The van der Waals surface area contributed by atoms with E-state index in [4.69, 9.17) is 11.6 Å². The van der Waals surface area contributed by atoms with Gasteiger partial charge in [0.15, 0.2) is 5.78 Å². The van der Waals surface area contributed by atoms with Crippen LogP contribution in [0.25, 0.3) is 0 Å². The second-order valence-electron chi connectivity index (χ2n) is 4.30. The highest BCUT2D eigenvalue weighted by molar-refractivity contribution is 6.33. The lowest BCUT2D eigenvalue weighted by Gasteiger charge is -2.29. The molecule has 1 aliphatic rings. The summed E-state index contributed by atoms with van der Waals surface area (Å²) < 4.78 is 40.6. The minimum atomic E-state index is -4.61. The summed E-state index contributed by atoms with van der Waals surface area (Å²) in [6, 6.07) is 0. The molecule has 1 atom stereocenters. The Kier molecular flexibility index (Phi) is 3.14. The van der Waals surface area contributed by atoms with Crippen LogP contribution in [0.4, 0.5) is 13.2 Å². The van der Waals surface area contributed by atoms with Crippen molar-refractivity contribution in [3.05, 3.63) is 16.9 Å². The molecule has 1 unspecified atom stereocenters. The summed E-state index contributed by atoms with van der Waals surface area (Å²) in [5.41, 5.74) is -2.59. The number of nitrogens with zero attached hydrogens (tertiary/aromatic N) is 2. The standard InChI is InChI=1S/C10H11ClF3N3O/c1-17-7(6(11)4-16-17)8(18)9(10(12,13)14)2-3-15-5-9/h4,15H,2-3,5H2,1H3. The minimum Gasteiger partial charge on any atom is -0.315 e. The Morgan fingerprint density at radius 1 is 1.61 bits per heavy atom. The van der Waals surface area contributed by atoms with Crippen molar-refractivity contribution in [3.8, 4) is 0 Å². The molecule has 0 aliphatic carbocycles. The Bertz CT molecular complexity index is 458. The van der Waals surface area contributed by atoms with E-state index in [-0.39, 0.29) is 23.7 Å². The fraction of sp³-hybridized carbons (Fsp3) is 0.600. The molecule has 0 bridgehead atoms. The van der Waals surface area contributed by atoms with E-state index in [0.717, 1.165) is 4.68 Å². The topological polar surface area (TPSA) is 46.9 Å². The number of carbonyl (C=O) groups is 1. The Balaban J connectivity index is 2.49. The van der Waals surface area contributed by atoms with Gasteiger partial charge in [-0.1, -0.05) is 11.6 Å². The summed E-state index contributed by atoms with van der Waals surface area (Å²) >= 11 is 5.74. The molecule has 1 aromatic heterocycles. The summed E-state index contributed by atoms with van der Waals surface area (Å²) in [5, 5.41) is 6.23. The molecule has 2 rings (SSSR count). The van der Waals surface area contributed by atoms with Gasteiger partial charge in [-0.2, -0.15) is 18.3 Å². The zero-order valence-corrected chi connectivity index (χ0v) is 10.3. The number of carbonyl (C=O) groups excluding carboxylic acids is 1. The zero-order chi connectivity index (χ0) is 13.6. The number of halogens is 4. The van der Waals surface area contributed by atoms with Crippen molar-refractivity contribution >= 4 is 17.4 Å². The lowest BCUT2D eigenvalue weighted by molar-refractivity contribution is -0.197. The van der Waals surface area contributed by atoms with Gasteiger partial charge in [0.25, 0.3) is 0 Å². The third-order valence-corrected chi connectivity index (χ3v) is 3.52. The molecule has 100 valence electrons. The average molecular weight is 282 g/mol. The summed E-state index contributed by atoms with van der Waals surface area (Å²) in [4.78, 5) is 12.2. The third kappa shape index (κ3) is 1.81. The number of aryl methyl sites for hydroxylation is 1. The molecule has 0 saturated carbocycles. The largest absolute Gasteiger partial charge is 0.403 e. The highest BCUT2D eigenvalue weighted by Gasteiger charge is 2.62. The van der Waals surface area contributed by atoms with Crippen molar-refractivity contribution in [2.75, 3.05) is 13.1 Å². The maximum absolute atomic E-state index is 13.2. The molecule has 1 fully saturated rings. The molecule has 1 saturated heterocycles. The second-order valence-corrected chi connectivity index (χ2v) is 4.71. The molecule has 2 heterocycles.